The number of aromatic nitrogens is 3. The Kier molecular flexibility index (Phi) is 7.70. The lowest BCUT2D eigenvalue weighted by molar-refractivity contribution is 0.00446. The lowest BCUT2D eigenvalue weighted by Gasteiger charge is -2.25. The van der Waals surface area contributed by atoms with E-state index in [1.54, 1.807) is 0 Å². The standard InChI is InChI=1S/C22H28N6O4S.ClH/c29-10-11-8-14(18(31)17(11)30)25-19-16(21-26-13-5-1-2-6-15(13)33-21)20(32)28-22(27-19)24-12-4-3-7-23-9-12;/h1-2,5-6,11-12,14,17-18,23,29-31H,3-4,7-10H2,(H3,24,25,27,28,32);1H/t11-,12-,14-,17-,18+;/m1./s1. The summed E-state index contributed by atoms with van der Waals surface area (Å²) in [5, 5.41) is 40.6. The highest BCUT2D eigenvalue weighted by Gasteiger charge is 2.41. The molecule has 34 heavy (non-hydrogen) atoms. The smallest absolute Gasteiger partial charge is 0.264 e. The van der Waals surface area contributed by atoms with E-state index in [4.69, 9.17) is 0 Å². The summed E-state index contributed by atoms with van der Waals surface area (Å²) >= 11 is 1.39. The van der Waals surface area contributed by atoms with Crippen molar-refractivity contribution in [3.8, 4) is 10.6 Å². The number of aromatic amines is 1. The Morgan fingerprint density at radius 1 is 1.15 bits per heavy atom. The second-order valence-corrected chi connectivity index (χ2v) is 9.75. The maximum absolute atomic E-state index is 13.2. The van der Waals surface area contributed by atoms with Crippen molar-refractivity contribution in [3.05, 3.63) is 34.6 Å². The van der Waals surface area contributed by atoms with Crippen molar-refractivity contribution < 1.29 is 15.3 Å². The number of benzene rings is 1. The molecular weight excluding hydrogens is 480 g/mol. The van der Waals surface area contributed by atoms with E-state index in [9.17, 15) is 20.1 Å². The maximum atomic E-state index is 13.2. The average Bonchev–Trinajstić information content (AvgIpc) is 3.35. The summed E-state index contributed by atoms with van der Waals surface area (Å²) in [5.41, 5.74) is 0.734. The summed E-state index contributed by atoms with van der Waals surface area (Å²) in [4.78, 5) is 25.4. The van der Waals surface area contributed by atoms with Crippen LogP contribution in [-0.2, 0) is 0 Å². The molecular formula is C22H29ClN6O4S. The Hall–Kier alpha value is -2.28. The Morgan fingerprint density at radius 3 is 2.68 bits per heavy atom. The molecule has 5 rings (SSSR count). The Balaban J connectivity index is 0.00000274. The van der Waals surface area contributed by atoms with Crippen LogP contribution in [0.3, 0.4) is 0 Å². The highest BCUT2D eigenvalue weighted by atomic mass is 35.5. The summed E-state index contributed by atoms with van der Waals surface area (Å²) in [6, 6.07) is 7.22. The summed E-state index contributed by atoms with van der Waals surface area (Å²) in [6.07, 6.45) is 0.204. The highest BCUT2D eigenvalue weighted by Crippen LogP contribution is 2.34. The number of nitrogens with one attached hydrogen (secondary N) is 4. The molecule has 5 atom stereocenters. The molecule has 0 bridgehead atoms. The van der Waals surface area contributed by atoms with Crippen LogP contribution in [0, 0.1) is 5.92 Å². The van der Waals surface area contributed by atoms with Gasteiger partial charge in [0.2, 0.25) is 5.95 Å². The first-order valence-corrected chi connectivity index (χ1v) is 12.1. The fourth-order valence-corrected chi connectivity index (χ4v) is 5.62. The Morgan fingerprint density at radius 2 is 1.97 bits per heavy atom. The molecule has 1 aliphatic heterocycles. The number of hydrogen-bond acceptors (Lipinski definition) is 10. The third-order valence-electron chi connectivity index (χ3n) is 6.42. The molecule has 184 valence electrons. The van der Waals surface area contributed by atoms with Crippen molar-refractivity contribution >= 4 is 45.7 Å². The molecule has 12 heteroatoms. The SMILES string of the molecule is Cl.O=c1[nH]c(N[C@@H]2CCCNC2)nc(N[C@@H]2C[C@H](CO)[C@@H](O)[C@H]2O)c1-c1nc2ccccc2s1. The van der Waals surface area contributed by atoms with E-state index in [0.29, 0.717) is 23.2 Å². The molecule has 0 amide bonds. The van der Waals surface area contributed by atoms with Crippen molar-refractivity contribution in [1.82, 2.24) is 20.3 Å². The lowest BCUT2D eigenvalue weighted by atomic mass is 10.1. The quantitative estimate of drug-likeness (QED) is 0.259. The first kappa shape index (κ1) is 24.8. The highest BCUT2D eigenvalue weighted by molar-refractivity contribution is 7.21. The lowest BCUT2D eigenvalue weighted by Crippen LogP contribution is -2.39. The number of piperidine rings is 1. The molecule has 1 saturated carbocycles. The molecule has 1 saturated heterocycles. The number of fused-ring (bicyclic) bond motifs is 1. The Bertz CT molecular complexity index is 1150. The van der Waals surface area contributed by atoms with Gasteiger partial charge in [-0.25, -0.2) is 4.98 Å². The summed E-state index contributed by atoms with van der Waals surface area (Å²) in [7, 11) is 0. The van der Waals surface area contributed by atoms with Crippen molar-refractivity contribution in [2.75, 3.05) is 30.3 Å². The van der Waals surface area contributed by atoms with Gasteiger partial charge in [-0.2, -0.15) is 4.98 Å². The monoisotopic (exact) mass is 508 g/mol. The number of para-hydroxylation sites is 1. The zero-order valence-electron chi connectivity index (χ0n) is 18.4. The van der Waals surface area contributed by atoms with E-state index in [-0.39, 0.29) is 36.2 Å². The molecule has 3 heterocycles. The first-order chi connectivity index (χ1) is 16.0. The summed E-state index contributed by atoms with van der Waals surface area (Å²) < 4.78 is 0.949. The van der Waals surface area contributed by atoms with Crippen LogP contribution >= 0.6 is 23.7 Å². The van der Waals surface area contributed by atoms with Gasteiger partial charge in [0, 0.05) is 25.1 Å². The Labute approximate surface area is 206 Å². The van der Waals surface area contributed by atoms with E-state index in [1.165, 1.54) is 11.3 Å². The number of aliphatic hydroxyl groups is 3. The topological polar surface area (TPSA) is 155 Å². The van der Waals surface area contributed by atoms with Crippen molar-refractivity contribution in [2.24, 2.45) is 5.92 Å². The minimum Gasteiger partial charge on any atom is -0.396 e. The largest absolute Gasteiger partial charge is 0.396 e. The number of rotatable bonds is 6. The van der Waals surface area contributed by atoms with E-state index in [2.05, 4.69) is 30.9 Å². The van der Waals surface area contributed by atoms with Gasteiger partial charge in [0.05, 0.1) is 22.4 Å². The van der Waals surface area contributed by atoms with E-state index in [0.717, 1.165) is 36.1 Å². The number of nitrogens with zero attached hydrogens (tertiary/aromatic N) is 2. The normalized spacial score (nSPS) is 26.9. The average molecular weight is 509 g/mol. The van der Waals surface area contributed by atoms with Crippen LogP contribution in [0.2, 0.25) is 0 Å². The number of hydrogen-bond donors (Lipinski definition) is 7. The zero-order valence-corrected chi connectivity index (χ0v) is 20.0. The van der Waals surface area contributed by atoms with E-state index < -0.39 is 24.2 Å². The van der Waals surface area contributed by atoms with Crippen LogP contribution in [0.5, 0.6) is 0 Å². The van der Waals surface area contributed by atoms with Crippen LogP contribution in [-0.4, -0.2) is 74.3 Å². The van der Waals surface area contributed by atoms with Crippen molar-refractivity contribution in [1.29, 1.82) is 0 Å². The minimum absolute atomic E-state index is 0. The molecule has 0 radical (unpaired) electrons. The number of H-pyrrole nitrogens is 1. The second-order valence-electron chi connectivity index (χ2n) is 8.72. The number of anilines is 2. The van der Waals surface area contributed by atoms with Crippen molar-refractivity contribution in [3.63, 3.8) is 0 Å². The van der Waals surface area contributed by atoms with Gasteiger partial charge in [-0.1, -0.05) is 12.1 Å². The van der Waals surface area contributed by atoms with Crippen LogP contribution in [0.1, 0.15) is 19.3 Å². The molecule has 2 fully saturated rings. The molecule has 10 nitrogen and oxygen atoms in total. The van der Waals surface area contributed by atoms with Gasteiger partial charge in [0.15, 0.2) is 0 Å². The zero-order chi connectivity index (χ0) is 22.9. The van der Waals surface area contributed by atoms with Gasteiger partial charge in [-0.15, -0.1) is 23.7 Å². The van der Waals surface area contributed by atoms with Gasteiger partial charge >= 0.3 is 0 Å². The van der Waals surface area contributed by atoms with Crippen molar-refractivity contribution in [2.45, 2.75) is 43.6 Å². The number of halogens is 1. The van der Waals surface area contributed by atoms with E-state index in [1.807, 2.05) is 24.3 Å². The van der Waals surface area contributed by atoms with Crippen LogP contribution in [0.4, 0.5) is 11.8 Å². The molecule has 7 N–H and O–H groups in total. The fourth-order valence-electron chi connectivity index (χ4n) is 4.62. The molecule has 0 unspecified atom stereocenters. The van der Waals surface area contributed by atoms with E-state index >= 15 is 0 Å². The van der Waals surface area contributed by atoms with Crippen LogP contribution in [0.25, 0.3) is 20.8 Å². The maximum Gasteiger partial charge on any atom is 0.264 e. The predicted octanol–water partition coefficient (Wildman–Crippen LogP) is 1.15. The second kappa shape index (κ2) is 10.5. The van der Waals surface area contributed by atoms with Gasteiger partial charge in [-0.3, -0.25) is 9.78 Å². The summed E-state index contributed by atoms with van der Waals surface area (Å²) in [6.45, 7) is 1.52. The fraction of sp³-hybridized carbons (Fsp3) is 0.500. The van der Waals surface area contributed by atoms with Crippen LogP contribution in [0.15, 0.2) is 29.1 Å². The molecule has 3 aromatic rings. The van der Waals surface area contributed by atoms with Gasteiger partial charge in [0.25, 0.3) is 5.56 Å². The first-order valence-electron chi connectivity index (χ1n) is 11.2. The van der Waals surface area contributed by atoms with Gasteiger partial charge < -0.3 is 31.3 Å². The third kappa shape index (κ3) is 4.90. The predicted molar refractivity (Wildman–Crippen MR) is 135 cm³/mol. The van der Waals surface area contributed by atoms with Gasteiger partial charge in [0.1, 0.15) is 22.5 Å². The minimum atomic E-state index is -1.09. The third-order valence-corrected chi connectivity index (χ3v) is 7.48. The molecule has 0 spiro atoms. The van der Waals surface area contributed by atoms with Gasteiger partial charge in [-0.05, 0) is 37.9 Å². The molecule has 1 aliphatic carbocycles. The molecule has 2 aliphatic rings. The molecule has 1 aromatic carbocycles. The molecule has 2 aromatic heterocycles. The number of thiazole rings is 1. The number of aliphatic hydroxyl groups excluding tert-OH is 3. The summed E-state index contributed by atoms with van der Waals surface area (Å²) in [5.74, 6) is 0.183. The van der Waals surface area contributed by atoms with Crippen LogP contribution < -0.4 is 21.5 Å².